The van der Waals surface area contributed by atoms with Crippen LogP contribution in [0.4, 0.5) is 0 Å². The van der Waals surface area contributed by atoms with Gasteiger partial charge in [-0.25, -0.2) is 0 Å². The zero-order valence-electron chi connectivity index (χ0n) is 16.5. The third-order valence-corrected chi connectivity index (χ3v) is 6.21. The number of carbonyl (C=O) groups excluding carboxylic acids is 1. The Bertz CT molecular complexity index is 1090. The highest BCUT2D eigenvalue weighted by atomic mass is 16.1. The van der Waals surface area contributed by atoms with Crippen molar-refractivity contribution in [3.05, 3.63) is 124 Å². The van der Waals surface area contributed by atoms with Gasteiger partial charge in [0.05, 0.1) is 0 Å². The first-order valence-corrected chi connectivity index (χ1v) is 10.5. The standard InChI is InChI=1S/C28H24O/c29-26-19-24-17-15-20-11-13-21(14-12-20)16-18-25(26)28(23-9-5-2-6-10-23)27(24)22-7-3-1-4-8-22/h1-14,19,27H,15-18H2/t27-/m0/s1. The molecule has 0 amide bonds. The number of aryl methyl sites for hydroxylation is 2. The summed E-state index contributed by atoms with van der Waals surface area (Å²) in [7, 11) is 0. The molecule has 0 radical (unpaired) electrons. The summed E-state index contributed by atoms with van der Waals surface area (Å²) in [5, 5.41) is 0. The molecule has 4 bridgehead atoms. The summed E-state index contributed by atoms with van der Waals surface area (Å²) in [5.74, 6) is 0.337. The number of allylic oxidation sites excluding steroid dienone is 4. The lowest BCUT2D eigenvalue weighted by Crippen LogP contribution is -2.19. The number of carbonyl (C=O) groups is 1. The maximum atomic E-state index is 13.3. The third-order valence-electron chi connectivity index (χ3n) is 6.21. The maximum absolute atomic E-state index is 13.3. The van der Waals surface area contributed by atoms with E-state index in [4.69, 9.17) is 0 Å². The van der Waals surface area contributed by atoms with E-state index in [0.717, 1.165) is 31.3 Å². The molecule has 8 rings (SSSR count). The molecule has 0 N–H and O–H groups in total. The van der Waals surface area contributed by atoms with E-state index in [9.17, 15) is 4.79 Å². The van der Waals surface area contributed by atoms with Crippen LogP contribution in [-0.2, 0) is 17.6 Å². The van der Waals surface area contributed by atoms with Crippen molar-refractivity contribution in [2.24, 2.45) is 0 Å². The number of hydrogen-bond donors (Lipinski definition) is 0. The Hall–Kier alpha value is -3.19. The van der Waals surface area contributed by atoms with Crippen LogP contribution in [0, 0.1) is 0 Å². The second-order valence-electron chi connectivity index (χ2n) is 8.00. The molecule has 0 aliphatic heterocycles. The molecule has 3 aromatic carbocycles. The van der Waals surface area contributed by atoms with Crippen LogP contribution in [0.3, 0.4) is 0 Å². The average molecular weight is 376 g/mol. The fraction of sp³-hybridized carbons (Fsp3) is 0.179. The van der Waals surface area contributed by atoms with Gasteiger partial charge in [-0.1, -0.05) is 90.5 Å². The van der Waals surface area contributed by atoms with Gasteiger partial charge in [0.25, 0.3) is 0 Å². The Balaban J connectivity index is 1.73. The van der Waals surface area contributed by atoms with Gasteiger partial charge in [-0.3, -0.25) is 4.79 Å². The van der Waals surface area contributed by atoms with E-state index in [-0.39, 0.29) is 11.7 Å². The quantitative estimate of drug-likeness (QED) is 0.512. The molecule has 0 heterocycles. The maximum Gasteiger partial charge on any atom is 0.182 e. The minimum Gasteiger partial charge on any atom is -0.290 e. The molecule has 1 heteroatoms. The predicted molar refractivity (Wildman–Crippen MR) is 119 cm³/mol. The van der Waals surface area contributed by atoms with Crippen molar-refractivity contribution in [1.29, 1.82) is 0 Å². The van der Waals surface area contributed by atoms with Crippen LogP contribution >= 0.6 is 0 Å². The van der Waals surface area contributed by atoms with Crippen molar-refractivity contribution in [3.8, 4) is 0 Å². The number of ketones is 1. The van der Waals surface area contributed by atoms with Crippen LogP contribution in [0.25, 0.3) is 5.57 Å². The van der Waals surface area contributed by atoms with Crippen LogP contribution < -0.4 is 0 Å². The predicted octanol–water partition coefficient (Wildman–Crippen LogP) is 6.31. The van der Waals surface area contributed by atoms with E-state index in [0.29, 0.717) is 0 Å². The van der Waals surface area contributed by atoms with E-state index in [1.165, 1.54) is 33.4 Å². The Kier molecular flexibility index (Phi) is 4.73. The lowest BCUT2D eigenvalue weighted by atomic mass is 9.72. The van der Waals surface area contributed by atoms with Gasteiger partial charge in [-0.15, -0.1) is 0 Å². The molecule has 0 saturated carbocycles. The van der Waals surface area contributed by atoms with Gasteiger partial charge in [0.2, 0.25) is 0 Å². The molecule has 5 aliphatic rings. The van der Waals surface area contributed by atoms with Crippen molar-refractivity contribution >= 4 is 11.4 Å². The lowest BCUT2D eigenvalue weighted by molar-refractivity contribution is -0.111. The molecule has 0 saturated heterocycles. The summed E-state index contributed by atoms with van der Waals surface area (Å²) in [4.78, 5) is 13.3. The van der Waals surface area contributed by atoms with Gasteiger partial charge in [-0.05, 0) is 59.6 Å². The number of benzene rings is 3. The van der Waals surface area contributed by atoms with Crippen molar-refractivity contribution in [3.63, 3.8) is 0 Å². The molecule has 29 heavy (non-hydrogen) atoms. The van der Waals surface area contributed by atoms with Crippen LogP contribution in [0.15, 0.2) is 102 Å². The fourth-order valence-electron chi connectivity index (χ4n) is 4.72. The Morgan fingerprint density at radius 3 is 1.86 bits per heavy atom. The van der Waals surface area contributed by atoms with Crippen molar-refractivity contribution < 1.29 is 4.79 Å². The molecule has 142 valence electrons. The first kappa shape index (κ1) is 17.9. The van der Waals surface area contributed by atoms with Crippen molar-refractivity contribution in [2.45, 2.75) is 31.6 Å². The molecule has 0 aromatic heterocycles. The monoisotopic (exact) mass is 376 g/mol. The number of hydrogen-bond acceptors (Lipinski definition) is 1. The first-order chi connectivity index (χ1) is 14.3. The molecule has 0 spiro atoms. The average Bonchev–Trinajstić information content (AvgIpc) is 2.77. The van der Waals surface area contributed by atoms with Gasteiger partial charge in [0.1, 0.15) is 0 Å². The van der Waals surface area contributed by atoms with Gasteiger partial charge in [0, 0.05) is 11.5 Å². The summed E-state index contributed by atoms with van der Waals surface area (Å²) in [6.07, 6.45) is 5.46. The largest absolute Gasteiger partial charge is 0.290 e. The molecule has 0 unspecified atom stereocenters. The SMILES string of the molecule is O=C1C=C2CCc3ccc(cc3)CCC1=C(c1ccccc1)[C@H]2c1ccccc1. The van der Waals surface area contributed by atoms with Gasteiger partial charge < -0.3 is 0 Å². The van der Waals surface area contributed by atoms with Crippen LogP contribution in [0.1, 0.15) is 41.0 Å². The van der Waals surface area contributed by atoms with E-state index in [1.54, 1.807) is 0 Å². The summed E-state index contributed by atoms with van der Waals surface area (Å²) >= 11 is 0. The summed E-state index contributed by atoms with van der Waals surface area (Å²) in [5.41, 5.74) is 8.48. The minimum absolute atomic E-state index is 0.141. The van der Waals surface area contributed by atoms with Gasteiger partial charge in [0.15, 0.2) is 5.78 Å². The van der Waals surface area contributed by atoms with Crippen LogP contribution in [-0.4, -0.2) is 5.78 Å². The summed E-state index contributed by atoms with van der Waals surface area (Å²) in [6, 6.07) is 30.1. The molecule has 3 aromatic rings. The normalized spacial score (nSPS) is 19.0. The molecule has 0 fully saturated rings. The van der Waals surface area contributed by atoms with E-state index < -0.39 is 0 Å². The van der Waals surface area contributed by atoms with Crippen LogP contribution in [0.5, 0.6) is 0 Å². The molecular weight excluding hydrogens is 352 g/mol. The molecule has 1 atom stereocenters. The first-order valence-electron chi connectivity index (χ1n) is 10.5. The smallest absolute Gasteiger partial charge is 0.182 e. The van der Waals surface area contributed by atoms with Crippen molar-refractivity contribution in [2.75, 3.05) is 0 Å². The highest BCUT2D eigenvalue weighted by Crippen LogP contribution is 2.45. The summed E-state index contributed by atoms with van der Waals surface area (Å²) in [6.45, 7) is 0. The third kappa shape index (κ3) is 3.49. The van der Waals surface area contributed by atoms with E-state index in [1.807, 2.05) is 12.1 Å². The van der Waals surface area contributed by atoms with Gasteiger partial charge >= 0.3 is 0 Å². The molecular formula is C28H24O. The topological polar surface area (TPSA) is 17.1 Å². The Morgan fingerprint density at radius 2 is 1.21 bits per heavy atom. The second kappa shape index (κ2) is 7.67. The summed E-state index contributed by atoms with van der Waals surface area (Å²) < 4.78 is 0. The minimum atomic E-state index is 0.141. The van der Waals surface area contributed by atoms with Gasteiger partial charge in [-0.2, -0.15) is 0 Å². The second-order valence-corrected chi connectivity index (χ2v) is 8.00. The zero-order valence-corrected chi connectivity index (χ0v) is 16.5. The van der Waals surface area contributed by atoms with E-state index in [2.05, 4.69) is 78.9 Å². The fourth-order valence-corrected chi connectivity index (χ4v) is 4.72. The Labute approximate surface area is 172 Å². The lowest BCUT2D eigenvalue weighted by Gasteiger charge is -2.31. The number of rotatable bonds is 2. The Morgan fingerprint density at radius 1 is 0.621 bits per heavy atom. The zero-order chi connectivity index (χ0) is 19.6. The molecule has 5 aliphatic carbocycles. The van der Waals surface area contributed by atoms with Crippen molar-refractivity contribution in [1.82, 2.24) is 0 Å². The van der Waals surface area contributed by atoms with Crippen LogP contribution in [0.2, 0.25) is 0 Å². The highest BCUT2D eigenvalue weighted by molar-refractivity contribution is 6.13. The molecule has 1 nitrogen and oxygen atoms in total. The highest BCUT2D eigenvalue weighted by Gasteiger charge is 2.31. The van der Waals surface area contributed by atoms with E-state index >= 15 is 0 Å².